The van der Waals surface area contributed by atoms with E-state index in [9.17, 15) is 18.4 Å². The summed E-state index contributed by atoms with van der Waals surface area (Å²) in [6, 6.07) is 13.1. The van der Waals surface area contributed by atoms with Crippen molar-refractivity contribution in [1.29, 1.82) is 0 Å². The smallest absolute Gasteiger partial charge is 0.199 e. The van der Waals surface area contributed by atoms with Crippen molar-refractivity contribution in [2.75, 3.05) is 22.9 Å². The van der Waals surface area contributed by atoms with Gasteiger partial charge in [-0.1, -0.05) is 12.1 Å². The number of carbonyl (C=O) groups excluding carboxylic acids is 2. The van der Waals surface area contributed by atoms with Crippen molar-refractivity contribution in [3.63, 3.8) is 0 Å². The molecule has 0 saturated heterocycles. The molecule has 36 heavy (non-hydrogen) atoms. The first-order chi connectivity index (χ1) is 17.2. The lowest BCUT2D eigenvalue weighted by Crippen LogP contribution is -2.26. The van der Waals surface area contributed by atoms with Gasteiger partial charge in [-0.2, -0.15) is 0 Å². The molecule has 0 heterocycles. The molecule has 0 atom stereocenters. The second-order valence-corrected chi connectivity index (χ2v) is 8.03. The molecule has 0 spiro atoms. The van der Waals surface area contributed by atoms with E-state index in [-0.39, 0.29) is 68.0 Å². The number of fused-ring (bicyclic) bond motifs is 2. The summed E-state index contributed by atoms with van der Waals surface area (Å²) in [5.41, 5.74) is 23.4. The van der Waals surface area contributed by atoms with E-state index in [0.29, 0.717) is 0 Å². The molecule has 0 amide bonds. The van der Waals surface area contributed by atoms with Crippen LogP contribution in [0.15, 0.2) is 60.7 Å². The lowest BCUT2D eigenvalue weighted by Gasteiger charge is -2.25. The first kappa shape index (κ1) is 22.7. The van der Waals surface area contributed by atoms with Gasteiger partial charge in [0.2, 0.25) is 0 Å². The monoisotopic (exact) mass is 488 g/mol. The Balaban J connectivity index is 1.64. The molecule has 0 aromatic heterocycles. The minimum atomic E-state index is -0.734. The van der Waals surface area contributed by atoms with Crippen molar-refractivity contribution in [2.24, 2.45) is 0 Å². The van der Waals surface area contributed by atoms with Crippen molar-refractivity contribution < 1.29 is 27.8 Å². The Hall–Kier alpha value is -5.12. The Morgan fingerprint density at radius 2 is 0.944 bits per heavy atom. The normalized spacial score (nSPS) is 12.2. The highest BCUT2D eigenvalue weighted by atomic mass is 19.1. The largest absolute Gasteiger partial charge is 0.455 e. The van der Waals surface area contributed by atoms with Crippen LogP contribution in [-0.4, -0.2) is 11.6 Å². The fourth-order valence-electron chi connectivity index (χ4n) is 4.08. The van der Waals surface area contributed by atoms with Gasteiger partial charge >= 0.3 is 0 Å². The number of ether oxygens (including phenoxy) is 2. The number of nitrogens with two attached hydrogens (primary N) is 4. The lowest BCUT2D eigenvalue weighted by atomic mass is 9.80. The summed E-state index contributed by atoms with van der Waals surface area (Å²) >= 11 is 0. The van der Waals surface area contributed by atoms with Crippen molar-refractivity contribution in [1.82, 2.24) is 0 Å². The topological polar surface area (TPSA) is 157 Å². The lowest BCUT2D eigenvalue weighted by molar-refractivity contribution is 0.0981. The van der Waals surface area contributed by atoms with Crippen LogP contribution in [0.4, 0.5) is 31.5 Å². The zero-order valence-corrected chi connectivity index (χ0v) is 18.5. The Morgan fingerprint density at radius 3 is 1.33 bits per heavy atom. The maximum atomic E-state index is 13.7. The molecule has 0 aliphatic heterocycles. The minimum absolute atomic E-state index is 0.0554. The van der Waals surface area contributed by atoms with Crippen LogP contribution in [0.5, 0.6) is 23.0 Å². The van der Waals surface area contributed by atoms with E-state index in [1.807, 2.05) is 0 Å². The number of nitrogen functional groups attached to an aromatic ring is 4. The number of hydrogen-bond acceptors (Lipinski definition) is 8. The highest BCUT2D eigenvalue weighted by molar-refractivity contribution is 6.35. The van der Waals surface area contributed by atoms with E-state index in [2.05, 4.69) is 0 Å². The molecule has 4 aromatic carbocycles. The molecule has 8 nitrogen and oxygen atoms in total. The quantitative estimate of drug-likeness (QED) is 0.266. The fourth-order valence-corrected chi connectivity index (χ4v) is 4.08. The van der Waals surface area contributed by atoms with Crippen LogP contribution in [0.2, 0.25) is 0 Å². The molecular formula is C26H18F2N4O4. The van der Waals surface area contributed by atoms with E-state index in [1.54, 1.807) is 0 Å². The summed E-state index contributed by atoms with van der Waals surface area (Å²) in [7, 11) is 0. The molecule has 0 radical (unpaired) electrons. The Morgan fingerprint density at radius 1 is 0.556 bits per heavy atom. The van der Waals surface area contributed by atoms with Gasteiger partial charge in [-0.25, -0.2) is 8.78 Å². The number of hydrogen-bond donors (Lipinski definition) is 4. The molecule has 1 aliphatic carbocycles. The van der Waals surface area contributed by atoms with Crippen LogP contribution >= 0.6 is 0 Å². The van der Waals surface area contributed by atoms with Crippen molar-refractivity contribution >= 4 is 34.3 Å². The van der Waals surface area contributed by atoms with Gasteiger partial charge in [0.15, 0.2) is 23.1 Å². The summed E-state index contributed by atoms with van der Waals surface area (Å²) < 4.78 is 38.5. The third-order valence-electron chi connectivity index (χ3n) is 5.68. The zero-order chi connectivity index (χ0) is 25.7. The second-order valence-electron chi connectivity index (χ2n) is 8.03. The summed E-state index contributed by atoms with van der Waals surface area (Å²) in [6.07, 6.45) is 0. The van der Waals surface area contributed by atoms with Crippen molar-refractivity contribution in [2.45, 2.75) is 0 Å². The molecular weight excluding hydrogens is 470 g/mol. The maximum Gasteiger partial charge on any atom is 0.199 e. The Kier molecular flexibility index (Phi) is 5.21. The second kappa shape index (κ2) is 8.27. The van der Waals surface area contributed by atoms with Crippen LogP contribution in [-0.2, 0) is 0 Å². The highest BCUT2D eigenvalue weighted by Crippen LogP contribution is 2.46. The van der Waals surface area contributed by atoms with E-state index >= 15 is 0 Å². The minimum Gasteiger partial charge on any atom is -0.455 e. The van der Waals surface area contributed by atoms with Gasteiger partial charge in [0.1, 0.15) is 23.1 Å². The first-order valence-corrected chi connectivity index (χ1v) is 10.6. The van der Waals surface area contributed by atoms with Crippen LogP contribution in [0, 0.1) is 11.6 Å². The number of carbonyl (C=O) groups is 2. The standard InChI is InChI=1S/C26H18F2N4O4/c27-11-3-1-5-13(7-11)35-17-9-15(29)19-21(23(17)31)26(34)22-20(25(19)33)16(30)10-18(24(22)32)36-14-6-2-4-12(28)8-14/h1-10H,29-32H2. The van der Waals surface area contributed by atoms with Crippen LogP contribution < -0.4 is 32.4 Å². The van der Waals surface area contributed by atoms with Crippen LogP contribution in [0.3, 0.4) is 0 Å². The Labute approximate surface area is 203 Å². The fraction of sp³-hybridized carbons (Fsp3) is 0. The third kappa shape index (κ3) is 3.61. The Bertz CT molecular complexity index is 1490. The number of rotatable bonds is 4. The molecule has 10 heteroatoms. The van der Waals surface area contributed by atoms with Gasteiger partial charge in [0.25, 0.3) is 0 Å². The molecule has 0 fully saturated rings. The predicted octanol–water partition coefficient (Wildman–Crippen LogP) is 4.65. The van der Waals surface area contributed by atoms with E-state index in [4.69, 9.17) is 32.4 Å². The van der Waals surface area contributed by atoms with Gasteiger partial charge in [0, 0.05) is 35.6 Å². The van der Waals surface area contributed by atoms with Crippen molar-refractivity contribution in [3.8, 4) is 23.0 Å². The predicted molar refractivity (Wildman–Crippen MR) is 130 cm³/mol. The van der Waals surface area contributed by atoms with Crippen molar-refractivity contribution in [3.05, 3.63) is 94.6 Å². The molecule has 0 saturated carbocycles. The molecule has 8 N–H and O–H groups in total. The molecule has 1 aliphatic rings. The summed E-state index contributed by atoms with van der Waals surface area (Å²) in [5, 5.41) is 0. The van der Waals surface area contributed by atoms with Crippen LogP contribution in [0.1, 0.15) is 31.8 Å². The summed E-state index contributed by atoms with van der Waals surface area (Å²) in [6.45, 7) is 0. The number of halogens is 2. The maximum absolute atomic E-state index is 13.7. The summed E-state index contributed by atoms with van der Waals surface area (Å²) in [4.78, 5) is 27.1. The SMILES string of the molecule is Nc1cc(Oc2cccc(F)c2)c(N)c2c1C(=O)c1c(N)cc(Oc3cccc(F)c3)c(N)c1C2=O. The molecule has 4 aromatic rings. The molecule has 0 bridgehead atoms. The van der Waals surface area contributed by atoms with Gasteiger partial charge in [-0.3, -0.25) is 9.59 Å². The van der Waals surface area contributed by atoms with E-state index in [0.717, 1.165) is 12.1 Å². The highest BCUT2D eigenvalue weighted by Gasteiger charge is 2.38. The van der Waals surface area contributed by atoms with Crippen LogP contribution in [0.25, 0.3) is 0 Å². The van der Waals surface area contributed by atoms with E-state index < -0.39 is 23.2 Å². The number of ketones is 2. The molecule has 0 unspecified atom stereocenters. The van der Waals surface area contributed by atoms with Gasteiger partial charge in [-0.05, 0) is 24.3 Å². The van der Waals surface area contributed by atoms with Gasteiger partial charge < -0.3 is 32.4 Å². The van der Waals surface area contributed by atoms with E-state index in [1.165, 1.54) is 48.5 Å². The molecule has 180 valence electrons. The molecule has 5 rings (SSSR count). The zero-order valence-electron chi connectivity index (χ0n) is 18.5. The average molecular weight is 488 g/mol. The average Bonchev–Trinajstić information content (AvgIpc) is 2.81. The van der Waals surface area contributed by atoms with Gasteiger partial charge in [-0.15, -0.1) is 0 Å². The van der Waals surface area contributed by atoms with Gasteiger partial charge in [0.05, 0.1) is 33.6 Å². The first-order valence-electron chi connectivity index (χ1n) is 10.6. The number of benzene rings is 4. The third-order valence-corrected chi connectivity index (χ3v) is 5.68. The summed E-state index contributed by atoms with van der Waals surface area (Å²) in [5.74, 6) is -2.40. The number of anilines is 4.